The second-order valence-corrected chi connectivity index (χ2v) is 13.2. The summed E-state index contributed by atoms with van der Waals surface area (Å²) in [5, 5.41) is 9.44. The van der Waals surface area contributed by atoms with Crippen molar-refractivity contribution in [2.24, 2.45) is 0 Å². The van der Waals surface area contributed by atoms with Crippen LogP contribution in [0.4, 0.5) is 0 Å². The second-order valence-electron chi connectivity index (χ2n) is 13.2. The highest BCUT2D eigenvalue weighted by atomic mass is 14.9. The predicted molar refractivity (Wildman–Crippen MR) is 205 cm³/mol. The van der Waals surface area contributed by atoms with Crippen LogP contribution in [-0.2, 0) is 5.41 Å². The van der Waals surface area contributed by atoms with Gasteiger partial charge in [-0.3, -0.25) is 0 Å². The fourth-order valence-electron chi connectivity index (χ4n) is 8.39. The van der Waals surface area contributed by atoms with E-state index in [0.29, 0.717) is 11.4 Å². The number of fused-ring (bicyclic) bond motifs is 12. The fraction of sp³-hybridized carbons (Fsp3) is 0.0208. The highest BCUT2D eigenvalue weighted by Crippen LogP contribution is 2.61. The number of rotatable bonds is 3. The Balaban J connectivity index is 1.28. The highest BCUT2D eigenvalue weighted by molar-refractivity contribution is 5.98. The molecule has 0 radical (unpaired) electrons. The average molecular weight is 648 g/mol. The molecular weight excluding hydrogens is 619 g/mol. The lowest BCUT2D eigenvalue weighted by Crippen LogP contribution is -2.29. The Morgan fingerprint density at radius 1 is 0.373 bits per heavy atom. The van der Waals surface area contributed by atoms with Crippen molar-refractivity contribution in [1.29, 1.82) is 5.26 Å². The summed E-state index contributed by atoms with van der Waals surface area (Å²) in [6.45, 7) is 0. The molecule has 0 fully saturated rings. The Morgan fingerprint density at radius 2 is 0.804 bits per heavy atom. The van der Waals surface area contributed by atoms with Crippen LogP contribution < -0.4 is 0 Å². The molecule has 0 N–H and O–H groups in total. The Morgan fingerprint density at radius 3 is 1.37 bits per heavy atom. The molecule has 1 spiro atoms. The standard InChI is InChI=1S/C48H29N3/c49-30-31-22-24-33(25-23-31)46-29-45(32-12-2-1-3-13-32)50-47(51-46)34-26-27-44-40(28-34)36-15-5-4-14-35(36)37-16-6-9-19-41(37)48(44)42-20-10-7-17-38(42)39-18-8-11-21-43(39)48/h1-29H. The van der Waals surface area contributed by atoms with Gasteiger partial charge in [-0.2, -0.15) is 5.26 Å². The van der Waals surface area contributed by atoms with E-state index in [1.807, 2.05) is 48.5 Å². The molecule has 0 saturated heterocycles. The Kier molecular flexibility index (Phi) is 6.46. The van der Waals surface area contributed by atoms with Crippen LogP contribution in [-0.4, -0.2) is 9.97 Å². The minimum absolute atomic E-state index is 0.531. The molecule has 2 aliphatic rings. The first-order valence-electron chi connectivity index (χ1n) is 17.2. The lowest BCUT2D eigenvalue weighted by molar-refractivity contribution is 0.775. The van der Waals surface area contributed by atoms with Crippen molar-refractivity contribution in [3.63, 3.8) is 0 Å². The molecule has 8 aromatic rings. The van der Waals surface area contributed by atoms with E-state index >= 15 is 0 Å². The number of hydrogen-bond donors (Lipinski definition) is 0. The third-order valence-electron chi connectivity index (χ3n) is 10.6. The van der Waals surface area contributed by atoms with E-state index in [1.54, 1.807) is 0 Å². The van der Waals surface area contributed by atoms with Crippen molar-refractivity contribution in [3.05, 3.63) is 204 Å². The minimum Gasteiger partial charge on any atom is -0.228 e. The monoisotopic (exact) mass is 647 g/mol. The predicted octanol–water partition coefficient (Wildman–Crippen LogP) is 11.4. The number of aromatic nitrogens is 2. The fourth-order valence-corrected chi connectivity index (χ4v) is 8.39. The van der Waals surface area contributed by atoms with E-state index < -0.39 is 5.41 Å². The zero-order valence-corrected chi connectivity index (χ0v) is 27.6. The maximum absolute atomic E-state index is 9.44. The van der Waals surface area contributed by atoms with E-state index in [2.05, 4.69) is 133 Å². The van der Waals surface area contributed by atoms with Crippen molar-refractivity contribution in [2.75, 3.05) is 0 Å². The summed E-state index contributed by atoms with van der Waals surface area (Å²) in [5.74, 6) is 0.652. The Bertz CT molecular complexity index is 2660. The summed E-state index contributed by atoms with van der Waals surface area (Å²) in [6, 6.07) is 64.5. The van der Waals surface area contributed by atoms with Crippen LogP contribution >= 0.6 is 0 Å². The van der Waals surface area contributed by atoms with Gasteiger partial charge >= 0.3 is 0 Å². The zero-order valence-electron chi connectivity index (χ0n) is 27.6. The molecule has 0 bridgehead atoms. The third-order valence-corrected chi connectivity index (χ3v) is 10.6. The third kappa shape index (κ3) is 4.30. The highest BCUT2D eigenvalue weighted by Gasteiger charge is 2.49. The van der Waals surface area contributed by atoms with Gasteiger partial charge in [-0.05, 0) is 79.9 Å². The van der Waals surface area contributed by atoms with Crippen LogP contribution in [0.1, 0.15) is 27.8 Å². The van der Waals surface area contributed by atoms with Gasteiger partial charge in [0.15, 0.2) is 5.82 Å². The molecule has 236 valence electrons. The van der Waals surface area contributed by atoms with Gasteiger partial charge in [0.05, 0.1) is 28.4 Å². The minimum atomic E-state index is -0.531. The van der Waals surface area contributed by atoms with Crippen LogP contribution in [0.15, 0.2) is 176 Å². The maximum Gasteiger partial charge on any atom is 0.160 e. The van der Waals surface area contributed by atoms with Gasteiger partial charge in [-0.1, -0.05) is 152 Å². The molecule has 7 aromatic carbocycles. The number of nitriles is 1. The normalized spacial score (nSPS) is 12.8. The second kappa shape index (κ2) is 11.3. The molecule has 10 rings (SSSR count). The van der Waals surface area contributed by atoms with E-state index in [1.165, 1.54) is 55.6 Å². The van der Waals surface area contributed by atoms with Crippen LogP contribution in [0.5, 0.6) is 0 Å². The Labute approximate surface area is 296 Å². The van der Waals surface area contributed by atoms with Gasteiger partial charge in [0.25, 0.3) is 0 Å². The average Bonchev–Trinajstić information content (AvgIpc) is 3.46. The number of nitrogens with zero attached hydrogens (tertiary/aromatic N) is 3. The molecule has 1 heterocycles. The smallest absolute Gasteiger partial charge is 0.160 e. The first-order valence-corrected chi connectivity index (χ1v) is 17.2. The quantitative estimate of drug-likeness (QED) is 0.192. The summed E-state index contributed by atoms with van der Waals surface area (Å²) in [6.07, 6.45) is 0. The SMILES string of the molecule is N#Cc1ccc(-c2cc(-c3ccccc3)nc(-c3ccc4c(c3)-c3ccccc3-c3ccccc3C43c4ccccc4-c4ccccc43)n2)cc1. The van der Waals surface area contributed by atoms with E-state index in [9.17, 15) is 5.26 Å². The topological polar surface area (TPSA) is 49.6 Å². The van der Waals surface area contributed by atoms with Gasteiger partial charge in [0.1, 0.15) is 0 Å². The van der Waals surface area contributed by atoms with Gasteiger partial charge in [-0.15, -0.1) is 0 Å². The molecule has 0 aliphatic heterocycles. The van der Waals surface area contributed by atoms with Crippen molar-refractivity contribution >= 4 is 0 Å². The zero-order chi connectivity index (χ0) is 33.9. The van der Waals surface area contributed by atoms with Crippen molar-refractivity contribution in [3.8, 4) is 73.4 Å². The number of hydrogen-bond acceptors (Lipinski definition) is 3. The molecule has 0 atom stereocenters. The summed E-state index contributed by atoms with van der Waals surface area (Å²) in [4.78, 5) is 10.4. The first-order chi connectivity index (χ1) is 25.2. The molecule has 0 saturated carbocycles. The summed E-state index contributed by atoms with van der Waals surface area (Å²) >= 11 is 0. The number of benzene rings is 7. The van der Waals surface area contributed by atoms with Crippen LogP contribution in [0.3, 0.4) is 0 Å². The molecule has 2 aliphatic carbocycles. The lowest BCUT2D eigenvalue weighted by atomic mass is 9.66. The molecule has 3 nitrogen and oxygen atoms in total. The molecule has 3 heteroatoms. The molecule has 0 unspecified atom stereocenters. The van der Waals surface area contributed by atoms with Gasteiger partial charge in [0.2, 0.25) is 0 Å². The van der Waals surface area contributed by atoms with E-state index in [0.717, 1.165) is 28.1 Å². The Hall–Kier alpha value is -6.89. The van der Waals surface area contributed by atoms with Crippen LogP contribution in [0.2, 0.25) is 0 Å². The molecular formula is C48H29N3. The van der Waals surface area contributed by atoms with E-state index in [4.69, 9.17) is 9.97 Å². The lowest BCUT2D eigenvalue weighted by Gasteiger charge is -2.35. The molecule has 0 amide bonds. The van der Waals surface area contributed by atoms with Gasteiger partial charge < -0.3 is 0 Å². The van der Waals surface area contributed by atoms with Crippen LogP contribution in [0.25, 0.3) is 67.3 Å². The molecule has 51 heavy (non-hydrogen) atoms. The van der Waals surface area contributed by atoms with E-state index in [-0.39, 0.29) is 0 Å². The van der Waals surface area contributed by atoms with Crippen molar-refractivity contribution in [2.45, 2.75) is 5.41 Å². The molecule has 1 aromatic heterocycles. The van der Waals surface area contributed by atoms with Gasteiger partial charge in [0, 0.05) is 16.7 Å². The largest absolute Gasteiger partial charge is 0.228 e. The maximum atomic E-state index is 9.44. The first kappa shape index (κ1) is 29.1. The van der Waals surface area contributed by atoms with Crippen molar-refractivity contribution in [1.82, 2.24) is 9.97 Å². The summed E-state index contributed by atoms with van der Waals surface area (Å²) in [7, 11) is 0. The van der Waals surface area contributed by atoms with Gasteiger partial charge in [-0.25, -0.2) is 9.97 Å². The summed E-state index contributed by atoms with van der Waals surface area (Å²) in [5.41, 5.74) is 17.1. The summed E-state index contributed by atoms with van der Waals surface area (Å²) < 4.78 is 0. The van der Waals surface area contributed by atoms with Crippen LogP contribution in [0, 0.1) is 11.3 Å². The van der Waals surface area contributed by atoms with Crippen molar-refractivity contribution < 1.29 is 0 Å².